The zero-order valence-electron chi connectivity index (χ0n) is 9.40. The molecule has 0 saturated carbocycles. The largest absolute Gasteiger partial charge is 0.506 e. The number of hydrogen-bond donors (Lipinski definition) is 2. The van der Waals surface area contributed by atoms with E-state index in [9.17, 15) is 9.90 Å². The Hall–Kier alpha value is -1.71. The van der Waals surface area contributed by atoms with Crippen molar-refractivity contribution in [3.8, 4) is 5.75 Å². The summed E-state index contributed by atoms with van der Waals surface area (Å²) in [5.74, 6) is -0.426. The van der Waals surface area contributed by atoms with Crippen LogP contribution in [0.15, 0.2) is 18.2 Å². The molecule has 3 N–H and O–H groups in total. The first kappa shape index (κ1) is 12.4. The Labute approximate surface area is 95.0 Å². The summed E-state index contributed by atoms with van der Waals surface area (Å²) in [6.45, 7) is 2.51. The lowest BCUT2D eigenvalue weighted by atomic mass is 10.2. The molecule has 0 bridgehead atoms. The van der Waals surface area contributed by atoms with E-state index in [1.54, 1.807) is 0 Å². The lowest BCUT2D eigenvalue weighted by Crippen LogP contribution is -2.06. The van der Waals surface area contributed by atoms with Gasteiger partial charge in [-0.05, 0) is 24.6 Å². The quantitative estimate of drug-likeness (QED) is 0.348. The van der Waals surface area contributed by atoms with Crippen LogP contribution in [-0.2, 0) is 4.74 Å². The zero-order valence-corrected chi connectivity index (χ0v) is 9.40. The number of nitrogen functional groups attached to an aromatic ring is 1. The maximum atomic E-state index is 11.5. The monoisotopic (exact) mass is 223 g/mol. The fourth-order valence-corrected chi connectivity index (χ4v) is 1.28. The van der Waals surface area contributed by atoms with Crippen LogP contribution in [0.25, 0.3) is 0 Å². The minimum atomic E-state index is -0.400. The van der Waals surface area contributed by atoms with E-state index in [4.69, 9.17) is 10.5 Å². The standard InChI is InChI=1S/C12H17NO3/c1-2-3-4-7-16-12(15)9-5-6-11(14)10(13)8-9/h5-6,8,14H,2-4,7,13H2,1H3. The number of esters is 1. The summed E-state index contributed by atoms with van der Waals surface area (Å²) in [4.78, 5) is 11.5. The number of benzene rings is 1. The normalized spacial score (nSPS) is 10.1. The van der Waals surface area contributed by atoms with Gasteiger partial charge in [-0.3, -0.25) is 0 Å². The number of ether oxygens (including phenoxy) is 1. The lowest BCUT2D eigenvalue weighted by molar-refractivity contribution is 0.0498. The molecule has 0 aliphatic carbocycles. The van der Waals surface area contributed by atoms with Gasteiger partial charge in [0, 0.05) is 0 Å². The minimum Gasteiger partial charge on any atom is -0.506 e. The van der Waals surface area contributed by atoms with Crippen molar-refractivity contribution < 1.29 is 14.6 Å². The summed E-state index contributed by atoms with van der Waals surface area (Å²) in [6, 6.07) is 4.29. The van der Waals surface area contributed by atoms with Crippen LogP contribution >= 0.6 is 0 Å². The molecule has 4 nitrogen and oxygen atoms in total. The average Bonchev–Trinajstić information content (AvgIpc) is 2.28. The molecule has 0 spiro atoms. The van der Waals surface area contributed by atoms with Crippen molar-refractivity contribution >= 4 is 11.7 Å². The van der Waals surface area contributed by atoms with Crippen LogP contribution in [-0.4, -0.2) is 17.7 Å². The molecule has 0 amide bonds. The SMILES string of the molecule is CCCCCOC(=O)c1ccc(O)c(N)c1. The molecule has 16 heavy (non-hydrogen) atoms. The van der Waals surface area contributed by atoms with Crippen molar-refractivity contribution in [1.29, 1.82) is 0 Å². The van der Waals surface area contributed by atoms with E-state index < -0.39 is 5.97 Å². The highest BCUT2D eigenvalue weighted by atomic mass is 16.5. The van der Waals surface area contributed by atoms with Crippen molar-refractivity contribution in [3.05, 3.63) is 23.8 Å². The third-order valence-corrected chi connectivity index (χ3v) is 2.24. The van der Waals surface area contributed by atoms with Gasteiger partial charge in [0.1, 0.15) is 5.75 Å². The highest BCUT2D eigenvalue weighted by molar-refractivity contribution is 5.90. The number of aromatic hydroxyl groups is 1. The first-order valence-corrected chi connectivity index (χ1v) is 5.40. The molecule has 0 unspecified atom stereocenters. The van der Waals surface area contributed by atoms with Crippen molar-refractivity contribution in [3.63, 3.8) is 0 Å². The number of phenolic OH excluding ortho intramolecular Hbond substituents is 1. The van der Waals surface area contributed by atoms with Gasteiger partial charge in [-0.25, -0.2) is 4.79 Å². The molecule has 4 heteroatoms. The van der Waals surface area contributed by atoms with Crippen LogP contribution in [0, 0.1) is 0 Å². The number of hydrogen-bond acceptors (Lipinski definition) is 4. The summed E-state index contributed by atoms with van der Waals surface area (Å²) in [5, 5.41) is 9.19. The number of phenols is 1. The van der Waals surface area contributed by atoms with Gasteiger partial charge in [0.2, 0.25) is 0 Å². The van der Waals surface area contributed by atoms with Crippen LogP contribution in [0.5, 0.6) is 5.75 Å². The van der Waals surface area contributed by atoms with Crippen molar-refractivity contribution in [1.82, 2.24) is 0 Å². The number of unbranched alkanes of at least 4 members (excludes halogenated alkanes) is 2. The molecule has 0 aliphatic rings. The fourth-order valence-electron chi connectivity index (χ4n) is 1.28. The van der Waals surface area contributed by atoms with Gasteiger partial charge in [0.25, 0.3) is 0 Å². The second-order valence-electron chi connectivity index (χ2n) is 3.62. The summed E-state index contributed by atoms with van der Waals surface area (Å²) in [5.41, 5.74) is 6.03. The average molecular weight is 223 g/mol. The van der Waals surface area contributed by atoms with Crippen LogP contribution in [0.4, 0.5) is 5.69 Å². The van der Waals surface area contributed by atoms with E-state index in [1.165, 1.54) is 18.2 Å². The van der Waals surface area contributed by atoms with Crippen LogP contribution in [0.1, 0.15) is 36.5 Å². The predicted molar refractivity (Wildman–Crippen MR) is 62.3 cm³/mol. The Balaban J connectivity index is 2.50. The van der Waals surface area contributed by atoms with Crippen LogP contribution < -0.4 is 5.73 Å². The zero-order chi connectivity index (χ0) is 12.0. The first-order chi connectivity index (χ1) is 7.65. The smallest absolute Gasteiger partial charge is 0.338 e. The molecule has 88 valence electrons. The molecule has 0 saturated heterocycles. The number of carbonyl (C=O) groups is 1. The van der Waals surface area contributed by atoms with Gasteiger partial charge in [-0.1, -0.05) is 19.8 Å². The van der Waals surface area contributed by atoms with Crippen molar-refractivity contribution in [2.75, 3.05) is 12.3 Å². The molecule has 0 atom stereocenters. The van der Waals surface area contributed by atoms with Crippen molar-refractivity contribution in [2.45, 2.75) is 26.2 Å². The van der Waals surface area contributed by atoms with E-state index in [-0.39, 0.29) is 11.4 Å². The summed E-state index contributed by atoms with van der Waals surface area (Å²) in [7, 11) is 0. The molecule has 0 fully saturated rings. The van der Waals surface area contributed by atoms with E-state index in [0.717, 1.165) is 19.3 Å². The maximum Gasteiger partial charge on any atom is 0.338 e. The third-order valence-electron chi connectivity index (χ3n) is 2.24. The van der Waals surface area contributed by atoms with Crippen LogP contribution in [0.3, 0.4) is 0 Å². The highest BCUT2D eigenvalue weighted by Gasteiger charge is 2.08. The Morgan fingerprint density at radius 1 is 1.44 bits per heavy atom. The van der Waals surface area contributed by atoms with Gasteiger partial charge in [0.15, 0.2) is 0 Å². The fraction of sp³-hybridized carbons (Fsp3) is 0.417. The van der Waals surface area contributed by atoms with Crippen molar-refractivity contribution in [2.24, 2.45) is 0 Å². The topological polar surface area (TPSA) is 72.5 Å². The number of nitrogens with two attached hydrogens (primary N) is 1. The first-order valence-electron chi connectivity index (χ1n) is 5.40. The number of anilines is 1. The maximum absolute atomic E-state index is 11.5. The van der Waals surface area contributed by atoms with Gasteiger partial charge in [-0.2, -0.15) is 0 Å². The van der Waals surface area contributed by atoms with E-state index >= 15 is 0 Å². The summed E-state index contributed by atoms with van der Waals surface area (Å²) >= 11 is 0. The molecule has 1 rings (SSSR count). The van der Waals surface area contributed by atoms with E-state index in [0.29, 0.717) is 12.2 Å². The molecule has 0 aromatic heterocycles. The minimum absolute atomic E-state index is 0.0254. The predicted octanol–water partition coefficient (Wildman–Crippen LogP) is 2.32. The Morgan fingerprint density at radius 3 is 2.81 bits per heavy atom. The molecule has 0 heterocycles. The van der Waals surface area contributed by atoms with Crippen LogP contribution in [0.2, 0.25) is 0 Å². The van der Waals surface area contributed by atoms with Gasteiger partial charge in [-0.15, -0.1) is 0 Å². The lowest BCUT2D eigenvalue weighted by Gasteiger charge is -2.05. The summed E-state index contributed by atoms with van der Waals surface area (Å²) < 4.78 is 5.05. The molecule has 1 aromatic rings. The molecular formula is C12H17NO3. The Bertz CT molecular complexity index is 363. The van der Waals surface area contributed by atoms with E-state index in [2.05, 4.69) is 6.92 Å². The molecule has 0 radical (unpaired) electrons. The molecule has 1 aromatic carbocycles. The third kappa shape index (κ3) is 3.46. The number of carbonyl (C=O) groups excluding carboxylic acids is 1. The second-order valence-corrected chi connectivity index (χ2v) is 3.62. The Kier molecular flexibility index (Phi) is 4.64. The number of rotatable bonds is 5. The summed E-state index contributed by atoms with van der Waals surface area (Å²) in [6.07, 6.45) is 3.00. The molecule has 0 aliphatic heterocycles. The molecular weight excluding hydrogens is 206 g/mol. The van der Waals surface area contributed by atoms with E-state index in [1.807, 2.05) is 0 Å². The Morgan fingerprint density at radius 2 is 2.19 bits per heavy atom. The van der Waals surface area contributed by atoms with Gasteiger partial charge < -0.3 is 15.6 Å². The highest BCUT2D eigenvalue weighted by Crippen LogP contribution is 2.20. The van der Waals surface area contributed by atoms with Gasteiger partial charge in [0.05, 0.1) is 17.9 Å². The second kappa shape index (κ2) is 6.00. The van der Waals surface area contributed by atoms with Gasteiger partial charge >= 0.3 is 5.97 Å².